The van der Waals surface area contributed by atoms with Crippen LogP contribution in [-0.4, -0.2) is 46.9 Å². The Morgan fingerprint density at radius 3 is 2.76 bits per heavy atom. The molecule has 34 heavy (non-hydrogen) atoms. The number of anilines is 1. The molecule has 3 heterocycles. The number of carbonyl (C=O) groups is 2. The lowest BCUT2D eigenvalue weighted by atomic mass is 9.94. The number of Topliss-reactive ketones (excluding diaryl/α,β-unsaturated/α-hetero) is 1. The van der Waals surface area contributed by atoms with Gasteiger partial charge in [-0.1, -0.05) is 24.3 Å². The van der Waals surface area contributed by atoms with E-state index in [1.54, 1.807) is 48.8 Å². The summed E-state index contributed by atoms with van der Waals surface area (Å²) in [5.41, 5.74) is 1.75. The highest BCUT2D eigenvalue weighted by molar-refractivity contribution is 6.46. The van der Waals surface area contributed by atoms with Crippen molar-refractivity contribution in [1.29, 1.82) is 0 Å². The van der Waals surface area contributed by atoms with Crippen LogP contribution < -0.4 is 9.64 Å². The lowest BCUT2D eigenvalue weighted by molar-refractivity contribution is -0.140. The normalized spacial score (nSPS) is 19.2. The van der Waals surface area contributed by atoms with E-state index in [2.05, 4.69) is 4.98 Å². The van der Waals surface area contributed by atoms with Crippen molar-refractivity contribution in [1.82, 2.24) is 9.88 Å². The first-order chi connectivity index (χ1) is 16.5. The van der Waals surface area contributed by atoms with Crippen LogP contribution in [0.25, 0.3) is 5.76 Å². The minimum Gasteiger partial charge on any atom is -0.507 e. The van der Waals surface area contributed by atoms with Crippen LogP contribution in [0.3, 0.4) is 0 Å². The number of halogens is 1. The van der Waals surface area contributed by atoms with Crippen LogP contribution >= 0.6 is 0 Å². The highest BCUT2D eigenvalue weighted by atomic mass is 19.1. The molecule has 1 N–H and O–H groups in total. The first-order valence-electron chi connectivity index (χ1n) is 10.9. The number of hydrogen-bond acceptors (Lipinski definition) is 6. The topological polar surface area (TPSA) is 83.0 Å². The number of benzene rings is 2. The first kappa shape index (κ1) is 21.6. The highest BCUT2D eigenvalue weighted by Crippen LogP contribution is 2.42. The van der Waals surface area contributed by atoms with Crippen LogP contribution in [0.15, 0.2) is 72.6 Å². The van der Waals surface area contributed by atoms with Gasteiger partial charge in [0.2, 0.25) is 0 Å². The molecular weight excluding hydrogens is 437 g/mol. The van der Waals surface area contributed by atoms with Crippen molar-refractivity contribution in [2.45, 2.75) is 12.6 Å². The summed E-state index contributed by atoms with van der Waals surface area (Å²) in [6, 6.07) is 13.4. The van der Waals surface area contributed by atoms with Gasteiger partial charge in [0.25, 0.3) is 11.7 Å². The average Bonchev–Trinajstić information content (AvgIpc) is 3.09. The lowest BCUT2D eigenvalue weighted by Gasteiger charge is -2.28. The number of ketones is 1. The smallest absolute Gasteiger partial charge is 0.295 e. The van der Waals surface area contributed by atoms with Crippen LogP contribution in [0.1, 0.15) is 22.7 Å². The molecule has 0 aliphatic carbocycles. The van der Waals surface area contributed by atoms with Gasteiger partial charge in [0, 0.05) is 37.1 Å². The number of hydrogen-bond donors (Lipinski definition) is 1. The van der Waals surface area contributed by atoms with Gasteiger partial charge >= 0.3 is 0 Å². The SMILES string of the molecule is CN1CCOc2ccc(/C(O)=C3\C(=O)C(=O)N(Cc4cccnc4)C3c3ccccc3F)cc21. The van der Waals surface area contributed by atoms with Crippen molar-refractivity contribution in [2.24, 2.45) is 0 Å². The van der Waals surface area contributed by atoms with Crippen molar-refractivity contribution in [2.75, 3.05) is 25.1 Å². The van der Waals surface area contributed by atoms with Crippen LogP contribution in [-0.2, 0) is 16.1 Å². The van der Waals surface area contributed by atoms with Gasteiger partial charge in [-0.05, 0) is 35.9 Å². The molecule has 1 amide bonds. The maximum absolute atomic E-state index is 14.9. The Labute approximate surface area is 195 Å². The molecule has 8 heteroatoms. The van der Waals surface area contributed by atoms with Gasteiger partial charge in [0.05, 0.1) is 23.8 Å². The quantitative estimate of drug-likeness (QED) is 0.364. The van der Waals surface area contributed by atoms with Crippen molar-refractivity contribution < 1.29 is 23.8 Å². The number of aliphatic hydroxyl groups excluding tert-OH is 1. The Morgan fingerprint density at radius 2 is 2.00 bits per heavy atom. The van der Waals surface area contributed by atoms with Crippen molar-refractivity contribution in [3.05, 3.63) is 95.1 Å². The third-order valence-corrected chi connectivity index (χ3v) is 6.14. The van der Waals surface area contributed by atoms with E-state index in [9.17, 15) is 19.1 Å². The monoisotopic (exact) mass is 459 g/mol. The van der Waals surface area contributed by atoms with Crippen molar-refractivity contribution in [3.8, 4) is 5.75 Å². The molecule has 1 saturated heterocycles. The van der Waals surface area contributed by atoms with Gasteiger partial charge < -0.3 is 19.6 Å². The fourth-order valence-electron chi connectivity index (χ4n) is 4.41. The number of amides is 1. The molecular formula is C26H22FN3O4. The molecule has 0 bridgehead atoms. The van der Waals surface area contributed by atoms with E-state index in [1.165, 1.54) is 23.1 Å². The lowest BCUT2D eigenvalue weighted by Crippen LogP contribution is -2.29. The Balaban J connectivity index is 1.66. The Morgan fingerprint density at radius 1 is 1.18 bits per heavy atom. The Hall–Kier alpha value is -4.20. The molecule has 1 aromatic heterocycles. The van der Waals surface area contributed by atoms with E-state index in [0.29, 0.717) is 30.0 Å². The summed E-state index contributed by atoms with van der Waals surface area (Å²) in [6.45, 7) is 1.25. The van der Waals surface area contributed by atoms with E-state index in [1.807, 2.05) is 11.9 Å². The zero-order valence-electron chi connectivity index (χ0n) is 18.4. The maximum Gasteiger partial charge on any atom is 0.295 e. The summed E-state index contributed by atoms with van der Waals surface area (Å²) in [4.78, 5) is 33.6. The predicted octanol–water partition coefficient (Wildman–Crippen LogP) is 3.67. The number of fused-ring (bicyclic) bond motifs is 1. The molecule has 7 nitrogen and oxygen atoms in total. The summed E-state index contributed by atoms with van der Waals surface area (Å²) >= 11 is 0. The maximum atomic E-state index is 14.9. The van der Waals surface area contributed by atoms with E-state index in [-0.39, 0.29) is 23.4 Å². The second kappa shape index (κ2) is 8.62. The number of rotatable bonds is 4. The minimum absolute atomic E-state index is 0.0367. The summed E-state index contributed by atoms with van der Waals surface area (Å²) in [7, 11) is 1.90. The molecule has 0 radical (unpaired) electrons. The van der Waals surface area contributed by atoms with Gasteiger partial charge in [-0.15, -0.1) is 0 Å². The molecule has 2 aliphatic rings. The van der Waals surface area contributed by atoms with Crippen LogP contribution in [0.2, 0.25) is 0 Å². The van der Waals surface area contributed by atoms with E-state index in [4.69, 9.17) is 4.74 Å². The van der Waals surface area contributed by atoms with Gasteiger partial charge in [0.1, 0.15) is 23.9 Å². The number of ether oxygens (including phenoxy) is 1. The largest absolute Gasteiger partial charge is 0.507 e. The third-order valence-electron chi connectivity index (χ3n) is 6.14. The van der Waals surface area contributed by atoms with Gasteiger partial charge in [0.15, 0.2) is 0 Å². The van der Waals surface area contributed by atoms with E-state index in [0.717, 1.165) is 5.69 Å². The van der Waals surface area contributed by atoms with Crippen LogP contribution in [0.4, 0.5) is 10.1 Å². The predicted molar refractivity (Wildman–Crippen MR) is 124 cm³/mol. The molecule has 2 aliphatic heterocycles. The molecule has 172 valence electrons. The first-order valence-corrected chi connectivity index (χ1v) is 10.9. The molecule has 3 aromatic rings. The fraction of sp³-hybridized carbons (Fsp3) is 0.192. The van der Waals surface area contributed by atoms with Crippen molar-refractivity contribution in [3.63, 3.8) is 0 Å². The average molecular weight is 459 g/mol. The molecule has 5 rings (SSSR count). The summed E-state index contributed by atoms with van der Waals surface area (Å²) in [5, 5.41) is 11.3. The number of likely N-dealkylation sites (N-methyl/N-ethyl adjacent to an activating group) is 1. The zero-order valence-corrected chi connectivity index (χ0v) is 18.4. The number of aromatic nitrogens is 1. The van der Waals surface area contributed by atoms with Gasteiger partial charge in [-0.2, -0.15) is 0 Å². The fourth-order valence-corrected chi connectivity index (χ4v) is 4.41. The Bertz CT molecular complexity index is 1310. The van der Waals surface area contributed by atoms with Crippen LogP contribution in [0, 0.1) is 5.82 Å². The van der Waals surface area contributed by atoms with Crippen molar-refractivity contribution >= 4 is 23.1 Å². The minimum atomic E-state index is -1.09. The summed E-state index contributed by atoms with van der Waals surface area (Å²) in [6.07, 6.45) is 3.18. The third kappa shape index (κ3) is 3.67. The Kier molecular flexibility index (Phi) is 5.49. The molecule has 0 spiro atoms. The molecule has 2 aromatic carbocycles. The number of likely N-dealkylation sites (tertiary alicyclic amines) is 1. The second-order valence-corrected chi connectivity index (χ2v) is 8.26. The number of pyridine rings is 1. The number of carbonyl (C=O) groups excluding carboxylic acids is 2. The molecule has 1 fully saturated rings. The molecule has 1 unspecified atom stereocenters. The highest BCUT2D eigenvalue weighted by Gasteiger charge is 2.47. The standard InChI is InChI=1S/C26H22FN3O4/c1-29-11-12-34-21-9-8-17(13-20(21)29)24(31)22-23(18-6-2-3-7-19(18)27)30(26(33)25(22)32)15-16-5-4-10-28-14-16/h2-10,13-14,23,31H,11-12,15H2,1H3/b24-22+. The van der Waals surface area contributed by atoms with Crippen LogP contribution in [0.5, 0.6) is 5.75 Å². The summed E-state index contributed by atoms with van der Waals surface area (Å²) in [5.74, 6) is -1.95. The van der Waals surface area contributed by atoms with E-state index < -0.39 is 23.5 Å². The van der Waals surface area contributed by atoms with E-state index >= 15 is 0 Å². The number of nitrogens with zero attached hydrogens (tertiary/aromatic N) is 3. The van der Waals surface area contributed by atoms with Gasteiger partial charge in [-0.25, -0.2) is 4.39 Å². The molecule has 0 saturated carbocycles. The molecule has 1 atom stereocenters. The second-order valence-electron chi connectivity index (χ2n) is 8.26. The zero-order chi connectivity index (χ0) is 23.8. The summed E-state index contributed by atoms with van der Waals surface area (Å²) < 4.78 is 20.6. The number of aliphatic hydroxyl groups is 1. The van der Waals surface area contributed by atoms with Gasteiger partial charge in [-0.3, -0.25) is 14.6 Å².